The van der Waals surface area contributed by atoms with E-state index in [9.17, 15) is 10.2 Å². The number of ether oxygens (including phenoxy) is 1. The molecule has 0 aromatic heterocycles. The number of hydrogen-bond acceptors (Lipinski definition) is 5. The van der Waals surface area contributed by atoms with Crippen molar-refractivity contribution in [2.24, 2.45) is 0 Å². The third kappa shape index (κ3) is 1.97. The molecule has 1 aromatic carbocycles. The lowest BCUT2D eigenvalue weighted by Gasteiger charge is -2.13. The minimum Gasteiger partial charge on any atom is -0.506 e. The summed E-state index contributed by atoms with van der Waals surface area (Å²) in [6, 6.07) is 4.81. The van der Waals surface area contributed by atoms with Crippen LogP contribution in [0.5, 0.6) is 5.75 Å². The molecule has 0 amide bonds. The Morgan fingerprint density at radius 2 is 2.19 bits per heavy atom. The minimum atomic E-state index is -0.662. The number of nitrogen functional groups attached to an aromatic ring is 1. The molecule has 1 heterocycles. The van der Waals surface area contributed by atoms with E-state index in [1.54, 1.807) is 12.1 Å². The molecule has 1 aromatic rings. The van der Waals surface area contributed by atoms with Gasteiger partial charge in [-0.2, -0.15) is 0 Å². The second kappa shape index (κ2) is 4.29. The summed E-state index contributed by atoms with van der Waals surface area (Å²) < 4.78 is 5.47. The molecular weight excluding hydrogens is 210 g/mol. The van der Waals surface area contributed by atoms with Crippen LogP contribution in [0.4, 0.5) is 5.69 Å². The number of nitrogens with two attached hydrogens (primary N) is 1. The van der Waals surface area contributed by atoms with Gasteiger partial charge in [-0.1, -0.05) is 6.07 Å². The smallest absolute Gasteiger partial charge is 0.138 e. The fourth-order valence-corrected chi connectivity index (χ4v) is 1.88. The monoisotopic (exact) mass is 225 g/mol. The Bertz CT molecular complexity index is 382. The van der Waals surface area contributed by atoms with Gasteiger partial charge in [0.2, 0.25) is 0 Å². The van der Waals surface area contributed by atoms with E-state index in [1.165, 1.54) is 6.07 Å². The van der Waals surface area contributed by atoms with Crippen LogP contribution < -0.4 is 5.73 Å². The van der Waals surface area contributed by atoms with Crippen molar-refractivity contribution in [2.45, 2.75) is 24.7 Å². The maximum Gasteiger partial charge on any atom is 0.138 e. The molecule has 0 bridgehead atoms. The fourth-order valence-electron chi connectivity index (χ4n) is 1.88. The van der Waals surface area contributed by atoms with Crippen molar-refractivity contribution in [1.82, 2.24) is 0 Å². The molecule has 0 radical (unpaired) electrons. The van der Waals surface area contributed by atoms with E-state index < -0.39 is 12.2 Å². The van der Waals surface area contributed by atoms with Crippen molar-refractivity contribution >= 4 is 5.69 Å². The SMILES string of the molecule is Nc1cc([C@H]2C[C@H](O)[C@@H](CO)O2)ccc1O. The number of anilines is 1. The van der Waals surface area contributed by atoms with Gasteiger partial charge in [0.05, 0.1) is 24.5 Å². The van der Waals surface area contributed by atoms with Crippen LogP contribution in [0.1, 0.15) is 18.1 Å². The highest BCUT2D eigenvalue weighted by atomic mass is 16.5. The Balaban J connectivity index is 2.17. The summed E-state index contributed by atoms with van der Waals surface area (Å²) in [5.74, 6) is 0.0287. The second-order valence-electron chi connectivity index (χ2n) is 3.97. The van der Waals surface area contributed by atoms with Crippen molar-refractivity contribution < 1.29 is 20.1 Å². The second-order valence-corrected chi connectivity index (χ2v) is 3.97. The molecule has 0 spiro atoms. The maximum absolute atomic E-state index is 9.58. The first-order valence-corrected chi connectivity index (χ1v) is 5.14. The average molecular weight is 225 g/mol. The molecule has 1 aliphatic rings. The van der Waals surface area contributed by atoms with Gasteiger partial charge in [0.25, 0.3) is 0 Å². The van der Waals surface area contributed by atoms with E-state index in [1.807, 2.05) is 0 Å². The van der Waals surface area contributed by atoms with Crippen molar-refractivity contribution in [2.75, 3.05) is 12.3 Å². The molecule has 5 N–H and O–H groups in total. The van der Waals surface area contributed by atoms with E-state index in [-0.39, 0.29) is 24.1 Å². The lowest BCUT2D eigenvalue weighted by Crippen LogP contribution is -2.24. The summed E-state index contributed by atoms with van der Waals surface area (Å²) in [6.45, 7) is -0.203. The maximum atomic E-state index is 9.58. The molecule has 3 atom stereocenters. The zero-order valence-electron chi connectivity index (χ0n) is 8.71. The molecule has 5 heteroatoms. The van der Waals surface area contributed by atoms with Crippen molar-refractivity contribution in [3.63, 3.8) is 0 Å². The topological polar surface area (TPSA) is 95.9 Å². The molecule has 16 heavy (non-hydrogen) atoms. The summed E-state index contributed by atoms with van der Waals surface area (Å²) in [5.41, 5.74) is 6.65. The number of hydrogen-bond donors (Lipinski definition) is 4. The van der Waals surface area contributed by atoms with Crippen LogP contribution in [0.3, 0.4) is 0 Å². The third-order valence-electron chi connectivity index (χ3n) is 2.83. The molecular formula is C11H15NO4. The Kier molecular flexibility index (Phi) is 3.00. The number of phenolic OH excluding ortho intramolecular Hbond substituents is 1. The predicted octanol–water partition coefficient (Wildman–Crippen LogP) is 0.158. The fraction of sp³-hybridized carbons (Fsp3) is 0.455. The molecule has 0 aliphatic carbocycles. The van der Waals surface area contributed by atoms with E-state index >= 15 is 0 Å². The lowest BCUT2D eigenvalue weighted by atomic mass is 10.0. The minimum absolute atomic E-state index is 0.0287. The summed E-state index contributed by atoms with van der Waals surface area (Å²) >= 11 is 0. The van der Waals surface area contributed by atoms with Crippen LogP contribution in [-0.2, 0) is 4.74 Å². The summed E-state index contributed by atoms with van der Waals surface area (Å²) in [5, 5.41) is 27.8. The van der Waals surface area contributed by atoms with Gasteiger partial charge in [-0.15, -0.1) is 0 Å². The summed E-state index contributed by atoms with van der Waals surface area (Å²) in [6.07, 6.45) is -1.06. The van der Waals surface area contributed by atoms with Crippen LogP contribution in [0.25, 0.3) is 0 Å². The van der Waals surface area contributed by atoms with Gasteiger partial charge < -0.3 is 25.8 Å². The molecule has 5 nitrogen and oxygen atoms in total. The van der Waals surface area contributed by atoms with Crippen LogP contribution in [0.15, 0.2) is 18.2 Å². The number of phenols is 1. The number of aromatic hydroxyl groups is 1. The average Bonchev–Trinajstić information content (AvgIpc) is 2.64. The van der Waals surface area contributed by atoms with Crippen LogP contribution in [-0.4, -0.2) is 34.1 Å². The number of rotatable bonds is 2. The van der Waals surface area contributed by atoms with Crippen LogP contribution >= 0.6 is 0 Å². The van der Waals surface area contributed by atoms with E-state index in [0.717, 1.165) is 5.56 Å². The Hall–Kier alpha value is -1.30. The van der Waals surface area contributed by atoms with Gasteiger partial charge >= 0.3 is 0 Å². The molecule has 0 unspecified atom stereocenters. The lowest BCUT2D eigenvalue weighted by molar-refractivity contribution is -0.0225. The molecule has 0 saturated carbocycles. The van der Waals surface area contributed by atoms with Gasteiger partial charge in [-0.25, -0.2) is 0 Å². The molecule has 88 valence electrons. The van der Waals surface area contributed by atoms with Gasteiger partial charge in [-0.05, 0) is 17.7 Å². The standard InChI is InChI=1S/C11H15NO4/c12-7-3-6(1-2-8(7)14)10-4-9(15)11(5-13)16-10/h1-3,9-11,13-15H,4-5,12H2/t9-,10+,11+/m0/s1. The predicted molar refractivity (Wildman–Crippen MR) is 57.8 cm³/mol. The first kappa shape index (κ1) is 11.2. The zero-order chi connectivity index (χ0) is 11.7. The highest BCUT2D eigenvalue weighted by Gasteiger charge is 2.34. The molecule has 1 saturated heterocycles. The highest BCUT2D eigenvalue weighted by molar-refractivity contribution is 5.53. The first-order chi connectivity index (χ1) is 7.61. The van der Waals surface area contributed by atoms with E-state index in [2.05, 4.69) is 0 Å². The van der Waals surface area contributed by atoms with Gasteiger partial charge in [0.15, 0.2) is 0 Å². The zero-order valence-corrected chi connectivity index (χ0v) is 8.71. The molecule has 2 rings (SSSR count). The number of aliphatic hydroxyl groups is 2. The molecule has 1 aliphatic heterocycles. The Morgan fingerprint density at radius 3 is 2.75 bits per heavy atom. The largest absolute Gasteiger partial charge is 0.506 e. The number of benzene rings is 1. The van der Waals surface area contributed by atoms with E-state index in [4.69, 9.17) is 15.6 Å². The number of aliphatic hydroxyl groups excluding tert-OH is 2. The van der Waals surface area contributed by atoms with Crippen molar-refractivity contribution in [3.05, 3.63) is 23.8 Å². The van der Waals surface area contributed by atoms with Crippen molar-refractivity contribution in [1.29, 1.82) is 0 Å². The van der Waals surface area contributed by atoms with Gasteiger partial charge in [0.1, 0.15) is 11.9 Å². The molecule has 1 fully saturated rings. The van der Waals surface area contributed by atoms with Gasteiger partial charge in [0, 0.05) is 6.42 Å². The quantitative estimate of drug-likeness (QED) is 0.424. The third-order valence-corrected chi connectivity index (χ3v) is 2.83. The summed E-state index contributed by atoms with van der Waals surface area (Å²) in [7, 11) is 0. The van der Waals surface area contributed by atoms with Crippen molar-refractivity contribution in [3.8, 4) is 5.75 Å². The van der Waals surface area contributed by atoms with Crippen LogP contribution in [0, 0.1) is 0 Å². The first-order valence-electron chi connectivity index (χ1n) is 5.14. The normalized spacial score (nSPS) is 29.5. The van der Waals surface area contributed by atoms with Crippen LogP contribution in [0.2, 0.25) is 0 Å². The summed E-state index contributed by atoms with van der Waals surface area (Å²) in [4.78, 5) is 0. The highest BCUT2D eigenvalue weighted by Crippen LogP contribution is 2.35. The van der Waals surface area contributed by atoms with E-state index in [0.29, 0.717) is 6.42 Å². The Labute approximate surface area is 93.1 Å². The van der Waals surface area contributed by atoms with Gasteiger partial charge in [-0.3, -0.25) is 0 Å². The Morgan fingerprint density at radius 1 is 1.44 bits per heavy atom.